The lowest BCUT2D eigenvalue weighted by atomic mass is 9.70. The maximum absolute atomic E-state index is 4.97. The van der Waals surface area contributed by atoms with E-state index in [1.54, 1.807) is 0 Å². The molecule has 0 aromatic carbocycles. The van der Waals surface area contributed by atoms with Gasteiger partial charge in [-0.2, -0.15) is 0 Å². The van der Waals surface area contributed by atoms with Gasteiger partial charge < -0.3 is 5.32 Å². The number of aromatic nitrogens is 1. The third-order valence-corrected chi connectivity index (χ3v) is 5.63. The molecule has 0 aliphatic heterocycles. The molecular formula is C16H28N2S. The number of hydrogen-bond donors (Lipinski definition) is 1. The van der Waals surface area contributed by atoms with Gasteiger partial charge in [-0.05, 0) is 37.1 Å². The van der Waals surface area contributed by atoms with Gasteiger partial charge in [0.05, 0.1) is 11.2 Å². The maximum atomic E-state index is 4.97. The second-order valence-electron chi connectivity index (χ2n) is 6.52. The van der Waals surface area contributed by atoms with E-state index < -0.39 is 0 Å². The van der Waals surface area contributed by atoms with Crippen LogP contribution in [0.4, 0.5) is 0 Å². The zero-order valence-corrected chi connectivity index (χ0v) is 13.8. The van der Waals surface area contributed by atoms with Gasteiger partial charge in [-0.15, -0.1) is 11.3 Å². The van der Waals surface area contributed by atoms with Crippen molar-refractivity contribution in [1.82, 2.24) is 10.3 Å². The molecule has 1 aromatic heterocycles. The molecule has 108 valence electrons. The van der Waals surface area contributed by atoms with Crippen molar-refractivity contribution < 1.29 is 0 Å². The summed E-state index contributed by atoms with van der Waals surface area (Å²) in [4.78, 5) is 4.97. The first-order valence-corrected chi connectivity index (χ1v) is 8.58. The quantitative estimate of drug-likeness (QED) is 0.876. The largest absolute Gasteiger partial charge is 0.305 e. The molecule has 0 spiro atoms. The van der Waals surface area contributed by atoms with Gasteiger partial charge in [-0.25, -0.2) is 4.98 Å². The molecule has 1 saturated carbocycles. The molecule has 3 heteroatoms. The van der Waals surface area contributed by atoms with Gasteiger partial charge in [0.15, 0.2) is 0 Å². The van der Waals surface area contributed by atoms with Gasteiger partial charge in [-0.1, -0.05) is 41.0 Å². The Hall–Kier alpha value is -0.410. The highest BCUT2D eigenvalue weighted by Crippen LogP contribution is 2.45. The molecule has 1 N–H and O–H groups in total. The van der Waals surface area contributed by atoms with E-state index in [1.165, 1.54) is 30.0 Å². The van der Waals surface area contributed by atoms with E-state index >= 15 is 0 Å². The van der Waals surface area contributed by atoms with Crippen LogP contribution in [0.3, 0.4) is 0 Å². The molecule has 1 fully saturated rings. The SMILES string of the molecule is CCNC1(c2nc(C(C)C)cs2)CC(C)CCC1C. The van der Waals surface area contributed by atoms with E-state index in [2.05, 4.69) is 45.3 Å². The maximum Gasteiger partial charge on any atom is 0.113 e. The van der Waals surface area contributed by atoms with Crippen LogP contribution in [-0.2, 0) is 5.54 Å². The normalized spacial score (nSPS) is 31.9. The molecule has 19 heavy (non-hydrogen) atoms. The summed E-state index contributed by atoms with van der Waals surface area (Å²) >= 11 is 1.86. The summed E-state index contributed by atoms with van der Waals surface area (Å²) in [5.41, 5.74) is 1.37. The second-order valence-corrected chi connectivity index (χ2v) is 7.38. The van der Waals surface area contributed by atoms with Crippen LogP contribution in [0, 0.1) is 11.8 Å². The minimum atomic E-state index is 0.115. The van der Waals surface area contributed by atoms with E-state index in [9.17, 15) is 0 Å². The molecule has 0 radical (unpaired) electrons. The Kier molecular flexibility index (Phi) is 4.67. The summed E-state index contributed by atoms with van der Waals surface area (Å²) < 4.78 is 0. The molecule has 1 aromatic rings. The van der Waals surface area contributed by atoms with Gasteiger partial charge >= 0.3 is 0 Å². The first kappa shape index (κ1) is 15.0. The smallest absolute Gasteiger partial charge is 0.113 e. The van der Waals surface area contributed by atoms with Gasteiger partial charge in [0.2, 0.25) is 0 Å². The highest BCUT2D eigenvalue weighted by molar-refractivity contribution is 7.09. The molecular weight excluding hydrogens is 252 g/mol. The Morgan fingerprint density at radius 1 is 1.42 bits per heavy atom. The molecule has 2 rings (SSSR count). The second kappa shape index (κ2) is 5.92. The predicted octanol–water partition coefficient (Wildman–Crippen LogP) is 4.53. The third-order valence-electron chi connectivity index (χ3n) is 4.59. The van der Waals surface area contributed by atoms with Crippen molar-refractivity contribution in [2.24, 2.45) is 11.8 Å². The van der Waals surface area contributed by atoms with Crippen LogP contribution in [0.15, 0.2) is 5.38 Å². The van der Waals surface area contributed by atoms with Crippen molar-refractivity contribution in [3.05, 3.63) is 16.1 Å². The lowest BCUT2D eigenvalue weighted by Gasteiger charge is -2.44. The first-order valence-electron chi connectivity index (χ1n) is 7.70. The van der Waals surface area contributed by atoms with Crippen molar-refractivity contribution in [2.75, 3.05) is 6.54 Å². The van der Waals surface area contributed by atoms with E-state index in [-0.39, 0.29) is 5.54 Å². The molecule has 0 amide bonds. The number of nitrogens with one attached hydrogen (secondary N) is 1. The fourth-order valence-electron chi connectivity index (χ4n) is 3.33. The molecule has 1 heterocycles. The van der Waals surface area contributed by atoms with E-state index in [0.717, 1.165) is 12.5 Å². The molecule has 0 saturated heterocycles. The monoisotopic (exact) mass is 280 g/mol. The van der Waals surface area contributed by atoms with E-state index in [4.69, 9.17) is 4.98 Å². The fourth-order valence-corrected chi connectivity index (χ4v) is 4.61. The van der Waals surface area contributed by atoms with Crippen molar-refractivity contribution >= 4 is 11.3 Å². The zero-order valence-electron chi connectivity index (χ0n) is 13.0. The average Bonchev–Trinajstić information content (AvgIpc) is 2.84. The van der Waals surface area contributed by atoms with Crippen molar-refractivity contribution in [3.8, 4) is 0 Å². The molecule has 2 nitrogen and oxygen atoms in total. The number of thiazole rings is 1. The lowest BCUT2D eigenvalue weighted by molar-refractivity contribution is 0.120. The van der Waals surface area contributed by atoms with Gasteiger partial charge in [0.25, 0.3) is 0 Å². The summed E-state index contributed by atoms with van der Waals surface area (Å²) in [6.45, 7) is 12.5. The summed E-state index contributed by atoms with van der Waals surface area (Å²) in [5.74, 6) is 2.00. The Balaban J connectivity index is 2.36. The van der Waals surface area contributed by atoms with Crippen LogP contribution < -0.4 is 5.32 Å². The topological polar surface area (TPSA) is 24.9 Å². The van der Waals surface area contributed by atoms with Crippen molar-refractivity contribution in [2.45, 2.75) is 65.3 Å². The average molecular weight is 280 g/mol. The highest BCUT2D eigenvalue weighted by Gasteiger charge is 2.43. The lowest BCUT2D eigenvalue weighted by Crippen LogP contribution is -2.51. The highest BCUT2D eigenvalue weighted by atomic mass is 32.1. The summed E-state index contributed by atoms with van der Waals surface area (Å²) in [6, 6.07) is 0. The van der Waals surface area contributed by atoms with Crippen molar-refractivity contribution in [3.63, 3.8) is 0 Å². The Labute approximate surface area is 122 Å². The zero-order chi connectivity index (χ0) is 14.0. The van der Waals surface area contributed by atoms with Crippen LogP contribution in [0.5, 0.6) is 0 Å². The van der Waals surface area contributed by atoms with Crippen LogP contribution in [0.1, 0.15) is 70.5 Å². The number of hydrogen-bond acceptors (Lipinski definition) is 3. The van der Waals surface area contributed by atoms with Crippen LogP contribution in [-0.4, -0.2) is 11.5 Å². The number of rotatable bonds is 4. The number of nitrogens with zero attached hydrogens (tertiary/aromatic N) is 1. The minimum absolute atomic E-state index is 0.115. The predicted molar refractivity (Wildman–Crippen MR) is 83.7 cm³/mol. The van der Waals surface area contributed by atoms with Gasteiger partial charge in [0, 0.05) is 5.38 Å². The summed E-state index contributed by atoms with van der Waals surface area (Å²) in [5, 5.41) is 7.37. The van der Waals surface area contributed by atoms with E-state index in [0.29, 0.717) is 11.8 Å². The fraction of sp³-hybridized carbons (Fsp3) is 0.812. The molecule has 0 bridgehead atoms. The van der Waals surface area contributed by atoms with Crippen LogP contribution in [0.2, 0.25) is 0 Å². The van der Waals surface area contributed by atoms with Crippen LogP contribution in [0.25, 0.3) is 0 Å². The Morgan fingerprint density at radius 2 is 2.16 bits per heavy atom. The standard InChI is InChI=1S/C16H28N2S/c1-6-17-16(9-12(4)7-8-13(16)5)15-18-14(10-19-15)11(2)3/h10-13,17H,6-9H2,1-5H3. The minimum Gasteiger partial charge on any atom is -0.305 e. The molecule has 1 aliphatic rings. The summed E-state index contributed by atoms with van der Waals surface area (Å²) in [6.07, 6.45) is 3.90. The van der Waals surface area contributed by atoms with Gasteiger partial charge in [0.1, 0.15) is 5.01 Å². The summed E-state index contributed by atoms with van der Waals surface area (Å²) in [7, 11) is 0. The van der Waals surface area contributed by atoms with Crippen LogP contribution >= 0.6 is 11.3 Å². The molecule has 1 aliphatic carbocycles. The Morgan fingerprint density at radius 3 is 2.74 bits per heavy atom. The van der Waals surface area contributed by atoms with Gasteiger partial charge in [-0.3, -0.25) is 0 Å². The third kappa shape index (κ3) is 2.87. The molecule has 3 unspecified atom stereocenters. The first-order chi connectivity index (χ1) is 8.99. The van der Waals surface area contributed by atoms with E-state index in [1.807, 2.05) is 11.3 Å². The molecule has 3 atom stereocenters. The Bertz CT molecular complexity index is 413. The van der Waals surface area contributed by atoms with Crippen molar-refractivity contribution in [1.29, 1.82) is 0 Å².